The molecule has 14 rings (SSSR count). The van der Waals surface area contributed by atoms with Crippen LogP contribution in [0.1, 0.15) is 44.5 Å². The maximum Gasteiger partial charge on any atom is 0.278 e. The number of nitrogens with one attached hydrogen (secondary N) is 3. The minimum Gasteiger partial charge on any atom is -0.324 e. The Morgan fingerprint density at radius 3 is 1.07 bits per heavy atom. The van der Waals surface area contributed by atoms with Gasteiger partial charge in [0.05, 0.1) is 0 Å². The maximum absolute atomic E-state index is 5.53. The van der Waals surface area contributed by atoms with Crippen LogP contribution in [0.15, 0.2) is 196 Å². The summed E-state index contributed by atoms with van der Waals surface area (Å²) in [5.74, 6) is -0.182. The molecule has 284 valence electrons. The van der Waals surface area contributed by atoms with Crippen LogP contribution in [0.2, 0.25) is 0 Å². The van der Waals surface area contributed by atoms with E-state index in [-0.39, 0.29) is 0 Å². The molecule has 13 nitrogen and oxygen atoms in total. The lowest BCUT2D eigenvalue weighted by molar-refractivity contribution is 0.492. The molecule has 2 aromatic heterocycles. The van der Waals surface area contributed by atoms with Gasteiger partial charge >= 0.3 is 0 Å². The number of amidine groups is 6. The van der Waals surface area contributed by atoms with Gasteiger partial charge in [-0.25, -0.2) is 49.9 Å². The van der Waals surface area contributed by atoms with Crippen LogP contribution in [0.5, 0.6) is 0 Å². The zero-order valence-corrected chi connectivity index (χ0v) is 31.8. The van der Waals surface area contributed by atoms with Gasteiger partial charge in [-0.15, -0.1) is 0 Å². The lowest BCUT2D eigenvalue weighted by Gasteiger charge is -2.18. The Morgan fingerprint density at radius 2 is 0.639 bits per heavy atom. The predicted octanol–water partition coefficient (Wildman–Crippen LogP) is 5.00. The number of H-pyrrole nitrogens is 2. The number of benzene rings is 6. The molecule has 0 radical (unpaired) electrons. The predicted molar refractivity (Wildman–Crippen MR) is 233 cm³/mol. The van der Waals surface area contributed by atoms with Crippen molar-refractivity contribution in [3.8, 4) is 0 Å². The summed E-state index contributed by atoms with van der Waals surface area (Å²) in [5.41, 5.74) is 8.70. The van der Waals surface area contributed by atoms with E-state index < -0.39 is 11.6 Å². The summed E-state index contributed by atoms with van der Waals surface area (Å²) in [6, 6.07) is 48.1. The molecule has 8 heterocycles. The van der Waals surface area contributed by atoms with Gasteiger partial charge in [0, 0.05) is 66.1 Å². The number of fused-ring (bicyclic) bond motifs is 20. The molecule has 2 atom stereocenters. The number of aromatic nitrogens is 2. The molecule has 0 saturated heterocycles. The topological polar surface area (TPSA) is 167 Å². The summed E-state index contributed by atoms with van der Waals surface area (Å²) in [6.45, 7) is 0. The van der Waals surface area contributed by atoms with Gasteiger partial charge in [-0.1, -0.05) is 146 Å². The Bertz CT molecular complexity index is 3580. The molecule has 0 saturated carbocycles. The second kappa shape index (κ2) is 11.5. The monoisotopic (exact) mass is 785 g/mol. The summed E-state index contributed by atoms with van der Waals surface area (Å²) in [4.78, 5) is 61.0. The third kappa shape index (κ3) is 4.48. The summed E-state index contributed by atoms with van der Waals surface area (Å²) in [6.07, 6.45) is 0. The second-order valence-corrected chi connectivity index (χ2v) is 15.4. The quantitative estimate of drug-likeness (QED) is 0.194. The number of aliphatic imine (C=N–C) groups is 6. The molecular formula is C48H27N13. The number of rotatable bonds is 0. The summed E-state index contributed by atoms with van der Waals surface area (Å²) < 4.78 is 0. The molecule has 0 fully saturated rings. The Labute approximate surface area is 344 Å². The number of nitrogens with zero attached hydrogens (tertiary/aromatic N) is 10. The fourth-order valence-corrected chi connectivity index (χ4v) is 9.20. The first-order valence-corrected chi connectivity index (χ1v) is 19.9. The first-order chi connectivity index (χ1) is 30.1. The van der Waals surface area contributed by atoms with Crippen molar-refractivity contribution in [1.29, 1.82) is 0 Å². The average Bonchev–Trinajstić information content (AvgIpc) is 4.13. The molecule has 2 unspecified atom stereocenters. The van der Waals surface area contributed by atoms with E-state index in [0.717, 1.165) is 66.1 Å². The van der Waals surface area contributed by atoms with Gasteiger partial charge in [-0.05, 0) is 0 Å². The minimum atomic E-state index is -1.56. The van der Waals surface area contributed by atoms with E-state index in [1.165, 1.54) is 0 Å². The fourth-order valence-electron chi connectivity index (χ4n) is 9.20. The fraction of sp³-hybridized carbons (Fsp3) is 0.0417. The van der Waals surface area contributed by atoms with Crippen molar-refractivity contribution in [3.63, 3.8) is 0 Å². The summed E-state index contributed by atoms with van der Waals surface area (Å²) >= 11 is 0. The van der Waals surface area contributed by atoms with Gasteiger partial charge in [-0.3, -0.25) is 0 Å². The molecule has 0 spiro atoms. The number of aromatic amines is 2. The van der Waals surface area contributed by atoms with Crippen molar-refractivity contribution >= 4 is 56.6 Å². The highest BCUT2D eigenvalue weighted by molar-refractivity contribution is 6.24. The zero-order valence-electron chi connectivity index (χ0n) is 31.8. The van der Waals surface area contributed by atoms with Crippen LogP contribution >= 0.6 is 0 Å². The molecule has 8 aromatic rings. The Morgan fingerprint density at radius 1 is 0.295 bits per heavy atom. The van der Waals surface area contributed by atoms with E-state index >= 15 is 0 Å². The molecule has 3 N–H and O–H groups in total. The van der Waals surface area contributed by atoms with E-state index in [1.807, 2.05) is 146 Å². The highest BCUT2D eigenvalue weighted by Crippen LogP contribution is 2.42. The van der Waals surface area contributed by atoms with Crippen LogP contribution in [0.4, 0.5) is 0 Å². The second-order valence-electron chi connectivity index (χ2n) is 15.4. The Balaban J connectivity index is 1.22. The number of hydrogen-bond donors (Lipinski definition) is 3. The van der Waals surface area contributed by atoms with Crippen molar-refractivity contribution in [3.05, 3.63) is 212 Å². The molecule has 61 heavy (non-hydrogen) atoms. The van der Waals surface area contributed by atoms with Crippen LogP contribution in [0.25, 0.3) is 21.5 Å². The van der Waals surface area contributed by atoms with E-state index in [0.29, 0.717) is 57.0 Å². The van der Waals surface area contributed by atoms with Gasteiger partial charge in [-0.2, -0.15) is 0 Å². The molecule has 6 aliphatic rings. The van der Waals surface area contributed by atoms with Crippen LogP contribution in [0.3, 0.4) is 0 Å². The van der Waals surface area contributed by atoms with Crippen LogP contribution in [-0.4, -0.2) is 45.0 Å². The van der Waals surface area contributed by atoms with Gasteiger partial charge < -0.3 is 15.3 Å². The van der Waals surface area contributed by atoms with Crippen molar-refractivity contribution < 1.29 is 0 Å². The van der Waals surface area contributed by atoms with Crippen molar-refractivity contribution in [2.75, 3.05) is 0 Å². The van der Waals surface area contributed by atoms with E-state index in [4.69, 9.17) is 49.9 Å². The highest BCUT2D eigenvalue weighted by Gasteiger charge is 2.46. The molecule has 6 aliphatic heterocycles. The van der Waals surface area contributed by atoms with Gasteiger partial charge in [0.1, 0.15) is 33.6 Å². The Kier molecular flexibility index (Phi) is 6.13. The first-order valence-electron chi connectivity index (χ1n) is 19.9. The van der Waals surface area contributed by atoms with E-state index in [9.17, 15) is 0 Å². The number of hydrogen-bond acceptors (Lipinski definition) is 11. The van der Waals surface area contributed by atoms with Crippen LogP contribution < -0.4 is 27.3 Å². The molecule has 13 heteroatoms. The Hall–Kier alpha value is -8.58. The first kappa shape index (κ1) is 32.4. The van der Waals surface area contributed by atoms with Crippen molar-refractivity contribution in [2.24, 2.45) is 49.9 Å². The average molecular weight is 786 g/mol. The lowest BCUT2D eigenvalue weighted by Crippen LogP contribution is -2.31. The third-order valence-corrected chi connectivity index (χ3v) is 11.9. The smallest absolute Gasteiger partial charge is 0.278 e. The largest absolute Gasteiger partial charge is 0.324 e. The minimum absolute atomic E-state index is 0.447. The van der Waals surface area contributed by atoms with Crippen molar-refractivity contribution in [1.82, 2.24) is 15.3 Å². The normalized spacial score (nSPS) is 23.7. The SMILES string of the molecule is c1ccc2c(c1)C1=N/C2=N\C23N=C(NC4=NC(/N=C5\N=C(N=c6[nH]/c(c7ccccc67)=N\2)c2ccccc25)(/N=c2\[nH]c(c5ccccc25)=N1)c1ccccc14)c1ccccc13. The summed E-state index contributed by atoms with van der Waals surface area (Å²) in [5, 5.41) is 7.10. The molecule has 6 aromatic carbocycles. The van der Waals surface area contributed by atoms with Gasteiger partial charge in [0.25, 0.3) is 11.6 Å². The maximum atomic E-state index is 5.53. The van der Waals surface area contributed by atoms with Gasteiger partial charge in [0.15, 0.2) is 23.3 Å². The molecule has 12 bridgehead atoms. The zero-order chi connectivity index (χ0) is 39.9. The standard InChI is InChI=1S/C48H27N13/c1-5-17-29-25(13-1)37-49-38-26-14-2-6-18-30(26)42(52-38)58-48-36-24-12-10-22-34(36)46(61-48)55-45-33-21-9-11-23-35(33)47(60-45,56-41(29)51-37)57-43-31-19-7-3-15-27(31)39(53-43)50-40-28-16-4-8-20-32(28)44(54-40)59-48/h1-24H,(H,55,60,61)(H,49,51,52,56,58)(H,50,53,54,57,59). The summed E-state index contributed by atoms with van der Waals surface area (Å²) in [7, 11) is 0. The molecular weight excluding hydrogens is 759 g/mol. The van der Waals surface area contributed by atoms with E-state index in [1.54, 1.807) is 0 Å². The highest BCUT2D eigenvalue weighted by atomic mass is 15.3. The van der Waals surface area contributed by atoms with E-state index in [2.05, 4.69) is 15.3 Å². The molecule has 0 aliphatic carbocycles. The third-order valence-electron chi connectivity index (χ3n) is 11.9. The lowest BCUT2D eigenvalue weighted by atomic mass is 10.0. The van der Waals surface area contributed by atoms with Crippen LogP contribution in [0, 0.1) is 0 Å². The van der Waals surface area contributed by atoms with Crippen molar-refractivity contribution in [2.45, 2.75) is 11.6 Å². The van der Waals surface area contributed by atoms with Crippen LogP contribution in [-0.2, 0) is 11.6 Å². The van der Waals surface area contributed by atoms with Gasteiger partial charge in [0.2, 0.25) is 0 Å². The molecule has 0 amide bonds.